The zero-order chi connectivity index (χ0) is 19.3. The topological polar surface area (TPSA) is 70.1 Å². The van der Waals surface area contributed by atoms with Crippen molar-refractivity contribution in [3.05, 3.63) is 58.0 Å². The number of imide groups is 1. The van der Waals surface area contributed by atoms with Crippen molar-refractivity contribution in [3.63, 3.8) is 0 Å². The molecular weight excluding hydrogens is 434 g/mol. The molecule has 2 aliphatic rings. The highest BCUT2D eigenvalue weighted by molar-refractivity contribution is 9.10. The fourth-order valence-electron chi connectivity index (χ4n) is 3.38. The first kappa shape index (κ1) is 17.9. The van der Waals surface area contributed by atoms with Crippen LogP contribution < -0.4 is 9.91 Å². The first-order chi connectivity index (χ1) is 12.9. The van der Waals surface area contributed by atoms with Crippen LogP contribution in [0.15, 0.2) is 58.1 Å². The summed E-state index contributed by atoms with van der Waals surface area (Å²) in [4.78, 5) is 39.4. The minimum absolute atomic E-state index is 0.0887. The van der Waals surface area contributed by atoms with E-state index in [1.807, 2.05) is 12.1 Å². The number of Topliss-reactive ketones (excluding diaryl/α,β-unsaturated/α-hetero) is 1. The quantitative estimate of drug-likeness (QED) is 0.678. The summed E-state index contributed by atoms with van der Waals surface area (Å²) in [6, 6.07) is 12.8. The number of carbonyl (C=O) groups is 3. The average molecular weight is 447 g/mol. The largest absolute Gasteiger partial charge is 0.293 e. The molecule has 2 aromatic rings. The molecule has 0 aliphatic carbocycles. The first-order valence-corrected chi connectivity index (χ1v) is 9.33. The lowest BCUT2D eigenvalue weighted by molar-refractivity contribution is -0.122. The van der Waals surface area contributed by atoms with Gasteiger partial charge in [-0.2, -0.15) is 5.10 Å². The third kappa shape index (κ3) is 2.87. The first-order valence-electron chi connectivity index (χ1n) is 8.16. The molecule has 0 spiro atoms. The fraction of sp³-hybridized carbons (Fsp3) is 0.158. The minimum atomic E-state index is -0.933. The number of hydrogen-bond donors (Lipinski definition) is 0. The van der Waals surface area contributed by atoms with Crippen molar-refractivity contribution in [2.24, 2.45) is 11.0 Å². The smallest absolute Gasteiger partial charge is 0.259 e. The maximum atomic E-state index is 13.2. The van der Waals surface area contributed by atoms with Gasteiger partial charge in [0.05, 0.1) is 11.4 Å². The van der Waals surface area contributed by atoms with Crippen LogP contribution in [0.25, 0.3) is 0 Å². The van der Waals surface area contributed by atoms with Gasteiger partial charge in [-0.05, 0) is 42.5 Å². The lowest BCUT2D eigenvalue weighted by Gasteiger charge is -2.22. The maximum Gasteiger partial charge on any atom is 0.259 e. The Kier molecular flexibility index (Phi) is 4.36. The molecule has 2 amide bonds. The van der Waals surface area contributed by atoms with Gasteiger partial charge in [0.15, 0.2) is 5.78 Å². The molecule has 2 aliphatic heterocycles. The number of hydrogen-bond acceptors (Lipinski definition) is 5. The van der Waals surface area contributed by atoms with Gasteiger partial charge in [-0.1, -0.05) is 33.6 Å². The number of rotatable bonds is 3. The molecule has 4 rings (SSSR count). The van der Waals surface area contributed by atoms with E-state index in [0.717, 1.165) is 9.37 Å². The molecule has 1 saturated heterocycles. The highest BCUT2D eigenvalue weighted by Gasteiger charge is 2.58. The van der Waals surface area contributed by atoms with Crippen LogP contribution in [-0.2, 0) is 14.4 Å². The van der Waals surface area contributed by atoms with Crippen molar-refractivity contribution in [2.45, 2.75) is 13.0 Å². The van der Waals surface area contributed by atoms with Crippen LogP contribution in [0.2, 0.25) is 5.02 Å². The van der Waals surface area contributed by atoms with Crippen LogP contribution in [0.4, 0.5) is 11.4 Å². The van der Waals surface area contributed by atoms with E-state index in [2.05, 4.69) is 21.0 Å². The van der Waals surface area contributed by atoms with E-state index in [0.29, 0.717) is 16.4 Å². The molecule has 136 valence electrons. The van der Waals surface area contributed by atoms with E-state index in [-0.39, 0.29) is 11.5 Å². The van der Waals surface area contributed by atoms with Crippen molar-refractivity contribution < 1.29 is 14.4 Å². The number of amides is 2. The molecule has 2 atom stereocenters. The number of hydrazone groups is 1. The Bertz CT molecular complexity index is 1010. The van der Waals surface area contributed by atoms with Crippen LogP contribution in [-0.4, -0.2) is 29.4 Å². The summed E-state index contributed by atoms with van der Waals surface area (Å²) in [5.41, 5.74) is 1.09. The molecule has 2 heterocycles. The predicted molar refractivity (Wildman–Crippen MR) is 106 cm³/mol. The Balaban J connectivity index is 1.80. The zero-order valence-corrected chi connectivity index (χ0v) is 16.4. The van der Waals surface area contributed by atoms with Gasteiger partial charge in [0, 0.05) is 16.4 Å². The van der Waals surface area contributed by atoms with Gasteiger partial charge >= 0.3 is 0 Å². The van der Waals surface area contributed by atoms with Crippen LogP contribution in [0.3, 0.4) is 0 Å². The maximum absolute atomic E-state index is 13.2. The molecule has 0 N–H and O–H groups in total. The van der Waals surface area contributed by atoms with Crippen molar-refractivity contribution in [1.29, 1.82) is 0 Å². The molecule has 0 saturated carbocycles. The number of halogens is 2. The van der Waals surface area contributed by atoms with Crippen molar-refractivity contribution in [2.75, 3.05) is 9.91 Å². The molecule has 0 aromatic heterocycles. The normalized spacial score (nSPS) is 21.5. The van der Waals surface area contributed by atoms with E-state index in [4.69, 9.17) is 11.6 Å². The van der Waals surface area contributed by atoms with E-state index in [9.17, 15) is 14.4 Å². The average Bonchev–Trinajstić information content (AvgIpc) is 3.13. The molecule has 0 bridgehead atoms. The van der Waals surface area contributed by atoms with E-state index >= 15 is 0 Å². The Labute approximate surface area is 168 Å². The lowest BCUT2D eigenvalue weighted by atomic mass is 9.95. The molecule has 2 aromatic carbocycles. The minimum Gasteiger partial charge on any atom is -0.293 e. The summed E-state index contributed by atoms with van der Waals surface area (Å²) in [6.45, 7) is 1.35. The summed E-state index contributed by atoms with van der Waals surface area (Å²) in [6.07, 6.45) is 0. The molecule has 6 nitrogen and oxygen atoms in total. The van der Waals surface area contributed by atoms with Crippen molar-refractivity contribution in [1.82, 2.24) is 0 Å². The SMILES string of the molecule is CC(=O)C1=NN(c2ccc(Br)cc2)[C@@H]2C(=O)N(c3cccc(Cl)c3)C(=O)[C@H]12. The molecule has 1 fully saturated rings. The third-order valence-corrected chi connectivity index (χ3v) is 5.33. The number of nitrogens with zero attached hydrogens (tertiary/aromatic N) is 3. The van der Waals surface area contributed by atoms with Gasteiger partial charge in [-0.3, -0.25) is 19.4 Å². The molecule has 0 unspecified atom stereocenters. The second kappa shape index (κ2) is 6.58. The third-order valence-electron chi connectivity index (χ3n) is 4.57. The molecule has 27 heavy (non-hydrogen) atoms. The standard InChI is InChI=1S/C19H13BrClN3O3/c1-10(25)16-15-17(24(22-16)13-7-5-11(20)6-8-13)19(27)23(18(15)26)14-4-2-3-12(21)9-14/h2-9,15,17H,1H3/t15-,17+/m1/s1. The van der Waals surface area contributed by atoms with Crippen LogP contribution in [0.1, 0.15) is 6.92 Å². The zero-order valence-electron chi connectivity index (χ0n) is 14.1. The summed E-state index contributed by atoms with van der Waals surface area (Å²) >= 11 is 9.38. The number of carbonyl (C=O) groups excluding carboxylic acids is 3. The summed E-state index contributed by atoms with van der Waals surface area (Å²) in [5.74, 6) is -2.17. The van der Waals surface area contributed by atoms with Crippen LogP contribution >= 0.6 is 27.5 Å². The number of ketones is 1. The Morgan fingerprint density at radius 2 is 1.78 bits per heavy atom. The van der Waals surface area contributed by atoms with E-state index < -0.39 is 23.8 Å². The Morgan fingerprint density at radius 1 is 1.07 bits per heavy atom. The highest BCUT2D eigenvalue weighted by atomic mass is 79.9. The van der Waals surface area contributed by atoms with Crippen LogP contribution in [0, 0.1) is 5.92 Å². The number of anilines is 2. The van der Waals surface area contributed by atoms with Gasteiger partial charge in [-0.25, -0.2) is 4.90 Å². The van der Waals surface area contributed by atoms with E-state index in [1.54, 1.807) is 36.4 Å². The fourth-order valence-corrected chi connectivity index (χ4v) is 3.83. The predicted octanol–water partition coefficient (Wildman–Crippen LogP) is 3.43. The molecular formula is C19H13BrClN3O3. The second-order valence-corrected chi connectivity index (χ2v) is 7.63. The molecule has 8 heteroatoms. The van der Waals surface area contributed by atoms with Gasteiger partial charge in [0.1, 0.15) is 17.7 Å². The molecule has 0 radical (unpaired) electrons. The van der Waals surface area contributed by atoms with E-state index in [1.165, 1.54) is 11.9 Å². The van der Waals surface area contributed by atoms with Crippen LogP contribution in [0.5, 0.6) is 0 Å². The lowest BCUT2D eigenvalue weighted by Crippen LogP contribution is -2.39. The number of fused-ring (bicyclic) bond motifs is 1. The van der Waals surface area contributed by atoms with Crippen molar-refractivity contribution >= 4 is 62.2 Å². The van der Waals surface area contributed by atoms with Gasteiger partial charge in [0.25, 0.3) is 5.91 Å². The highest BCUT2D eigenvalue weighted by Crippen LogP contribution is 2.38. The second-order valence-electron chi connectivity index (χ2n) is 6.28. The number of benzene rings is 2. The summed E-state index contributed by atoms with van der Waals surface area (Å²) in [7, 11) is 0. The van der Waals surface area contributed by atoms with Gasteiger partial charge < -0.3 is 0 Å². The Morgan fingerprint density at radius 3 is 2.41 bits per heavy atom. The monoisotopic (exact) mass is 445 g/mol. The summed E-state index contributed by atoms with van der Waals surface area (Å²) in [5, 5.41) is 6.18. The van der Waals surface area contributed by atoms with Crippen molar-refractivity contribution in [3.8, 4) is 0 Å². The van der Waals surface area contributed by atoms with Gasteiger partial charge in [0.2, 0.25) is 5.91 Å². The summed E-state index contributed by atoms with van der Waals surface area (Å²) < 4.78 is 0.868. The Hall–Kier alpha value is -2.51. The van der Waals surface area contributed by atoms with Gasteiger partial charge in [-0.15, -0.1) is 0 Å².